The molecule has 2 rings (SSSR count). The Morgan fingerprint density at radius 3 is 2.55 bits per heavy atom. The zero-order valence-corrected chi connectivity index (χ0v) is 11.8. The first-order valence-corrected chi connectivity index (χ1v) is 6.98. The van der Waals surface area contributed by atoms with Crippen LogP contribution in [0.1, 0.15) is 21.5 Å². The van der Waals surface area contributed by atoms with Crippen LogP contribution in [0.2, 0.25) is 0 Å². The Kier molecular flexibility index (Phi) is 5.07. The second-order valence-corrected chi connectivity index (χ2v) is 4.82. The molecule has 3 nitrogen and oxygen atoms in total. The Balaban J connectivity index is 2.13. The summed E-state index contributed by atoms with van der Waals surface area (Å²) in [6, 6.07) is 14.9. The molecule has 0 radical (unpaired) electrons. The summed E-state index contributed by atoms with van der Waals surface area (Å²) in [4.78, 5) is 11.2. The number of carbonyl (C=O) groups is 1. The summed E-state index contributed by atoms with van der Waals surface area (Å²) in [7, 11) is 0. The number of carboxylic acids is 1. The van der Waals surface area contributed by atoms with Crippen molar-refractivity contribution in [3.8, 4) is 5.75 Å². The van der Waals surface area contributed by atoms with Gasteiger partial charge in [0.25, 0.3) is 0 Å². The van der Waals surface area contributed by atoms with E-state index in [1.165, 1.54) is 0 Å². The summed E-state index contributed by atoms with van der Waals surface area (Å²) >= 11 is 4.14. The van der Waals surface area contributed by atoms with E-state index in [4.69, 9.17) is 4.74 Å². The SMILES string of the molecule is O=C(O)c1cc(OCc2ccccc2)ccc1CCS. The van der Waals surface area contributed by atoms with Crippen molar-refractivity contribution in [2.24, 2.45) is 0 Å². The van der Waals surface area contributed by atoms with E-state index in [1.54, 1.807) is 18.2 Å². The molecule has 0 heterocycles. The van der Waals surface area contributed by atoms with Crippen LogP contribution < -0.4 is 4.74 Å². The van der Waals surface area contributed by atoms with Crippen LogP contribution in [0, 0.1) is 0 Å². The van der Waals surface area contributed by atoms with E-state index >= 15 is 0 Å². The Morgan fingerprint density at radius 2 is 1.90 bits per heavy atom. The number of rotatable bonds is 6. The van der Waals surface area contributed by atoms with Crippen LogP contribution in [0.3, 0.4) is 0 Å². The maximum absolute atomic E-state index is 11.2. The van der Waals surface area contributed by atoms with Crippen molar-refractivity contribution >= 4 is 18.6 Å². The number of aryl methyl sites for hydroxylation is 1. The first-order valence-electron chi connectivity index (χ1n) is 6.34. The van der Waals surface area contributed by atoms with Crippen LogP contribution in [0.5, 0.6) is 5.75 Å². The van der Waals surface area contributed by atoms with Gasteiger partial charge in [-0.3, -0.25) is 0 Å². The summed E-state index contributed by atoms with van der Waals surface area (Å²) < 4.78 is 5.63. The van der Waals surface area contributed by atoms with Gasteiger partial charge in [0.15, 0.2) is 0 Å². The molecule has 4 heteroatoms. The molecule has 20 heavy (non-hydrogen) atoms. The first-order chi connectivity index (χ1) is 9.70. The van der Waals surface area contributed by atoms with Gasteiger partial charge in [-0.25, -0.2) is 4.79 Å². The molecule has 2 aromatic rings. The molecular weight excluding hydrogens is 272 g/mol. The fourth-order valence-corrected chi connectivity index (χ4v) is 2.16. The van der Waals surface area contributed by atoms with Gasteiger partial charge in [0.2, 0.25) is 0 Å². The molecule has 0 aromatic heterocycles. The topological polar surface area (TPSA) is 46.5 Å². The monoisotopic (exact) mass is 288 g/mol. The quantitative estimate of drug-likeness (QED) is 0.800. The van der Waals surface area contributed by atoms with E-state index in [1.807, 2.05) is 30.3 Å². The van der Waals surface area contributed by atoms with E-state index in [0.29, 0.717) is 24.5 Å². The molecule has 0 spiro atoms. The van der Waals surface area contributed by atoms with E-state index in [-0.39, 0.29) is 5.56 Å². The lowest BCUT2D eigenvalue weighted by Gasteiger charge is -2.10. The molecule has 0 aliphatic carbocycles. The minimum atomic E-state index is -0.938. The highest BCUT2D eigenvalue weighted by Crippen LogP contribution is 2.20. The van der Waals surface area contributed by atoms with Gasteiger partial charge >= 0.3 is 5.97 Å². The van der Waals surface area contributed by atoms with Crippen LogP contribution in [0.15, 0.2) is 48.5 Å². The standard InChI is InChI=1S/C16H16O3S/c17-16(18)15-10-14(7-6-13(15)8-9-20)19-11-12-4-2-1-3-5-12/h1-7,10,20H,8-9,11H2,(H,17,18). The zero-order valence-electron chi connectivity index (χ0n) is 11.0. The number of aromatic carboxylic acids is 1. The lowest BCUT2D eigenvalue weighted by molar-refractivity contribution is 0.0695. The van der Waals surface area contributed by atoms with Gasteiger partial charge in [-0.05, 0) is 35.4 Å². The van der Waals surface area contributed by atoms with Crippen molar-refractivity contribution in [2.75, 3.05) is 5.75 Å². The molecule has 0 atom stereocenters. The fraction of sp³-hybridized carbons (Fsp3) is 0.188. The van der Waals surface area contributed by atoms with Gasteiger partial charge in [0.1, 0.15) is 12.4 Å². The lowest BCUT2D eigenvalue weighted by Crippen LogP contribution is -2.04. The average Bonchev–Trinajstić information content (AvgIpc) is 2.47. The van der Waals surface area contributed by atoms with E-state index in [9.17, 15) is 9.90 Å². The Labute approximate surface area is 123 Å². The van der Waals surface area contributed by atoms with Crippen LogP contribution in [-0.2, 0) is 13.0 Å². The van der Waals surface area contributed by atoms with Crippen LogP contribution >= 0.6 is 12.6 Å². The third kappa shape index (κ3) is 3.78. The maximum Gasteiger partial charge on any atom is 0.336 e. The number of benzene rings is 2. The summed E-state index contributed by atoms with van der Waals surface area (Å²) in [5.41, 5.74) is 2.10. The van der Waals surface area contributed by atoms with E-state index in [2.05, 4.69) is 12.6 Å². The fourth-order valence-electron chi connectivity index (χ4n) is 1.92. The number of hydrogen-bond acceptors (Lipinski definition) is 3. The van der Waals surface area contributed by atoms with Gasteiger partial charge in [-0.15, -0.1) is 0 Å². The number of ether oxygens (including phenoxy) is 1. The van der Waals surface area contributed by atoms with Crippen molar-refractivity contribution in [2.45, 2.75) is 13.0 Å². The molecule has 0 fully saturated rings. The maximum atomic E-state index is 11.2. The minimum Gasteiger partial charge on any atom is -0.489 e. The molecule has 2 aromatic carbocycles. The van der Waals surface area contributed by atoms with Crippen LogP contribution in [0.4, 0.5) is 0 Å². The average molecular weight is 288 g/mol. The molecule has 0 unspecified atom stereocenters. The van der Waals surface area contributed by atoms with E-state index < -0.39 is 5.97 Å². The van der Waals surface area contributed by atoms with Gasteiger partial charge in [0, 0.05) is 0 Å². The van der Waals surface area contributed by atoms with Gasteiger partial charge in [0.05, 0.1) is 5.56 Å². The Bertz CT molecular complexity index is 582. The van der Waals surface area contributed by atoms with Crippen molar-refractivity contribution in [3.63, 3.8) is 0 Å². The van der Waals surface area contributed by atoms with Crippen molar-refractivity contribution in [3.05, 3.63) is 65.2 Å². The Hall–Kier alpha value is -1.94. The van der Waals surface area contributed by atoms with E-state index in [0.717, 1.165) is 11.1 Å². The molecule has 104 valence electrons. The molecule has 0 saturated carbocycles. The summed E-state index contributed by atoms with van der Waals surface area (Å²) in [5.74, 6) is 0.242. The van der Waals surface area contributed by atoms with Crippen LogP contribution in [-0.4, -0.2) is 16.8 Å². The number of thiol groups is 1. The summed E-state index contributed by atoms with van der Waals surface area (Å²) in [6.45, 7) is 0.422. The third-order valence-corrected chi connectivity index (χ3v) is 3.16. The van der Waals surface area contributed by atoms with Gasteiger partial charge < -0.3 is 9.84 Å². The molecule has 1 N–H and O–H groups in total. The smallest absolute Gasteiger partial charge is 0.336 e. The number of hydrogen-bond donors (Lipinski definition) is 2. The summed E-state index contributed by atoms with van der Waals surface area (Å²) in [5, 5.41) is 9.22. The first kappa shape index (κ1) is 14.5. The third-order valence-electron chi connectivity index (χ3n) is 2.94. The lowest BCUT2D eigenvalue weighted by atomic mass is 10.1. The van der Waals surface area contributed by atoms with Gasteiger partial charge in [-0.1, -0.05) is 36.4 Å². The molecule has 0 bridgehead atoms. The van der Waals surface area contributed by atoms with Crippen molar-refractivity contribution in [1.82, 2.24) is 0 Å². The normalized spacial score (nSPS) is 10.2. The minimum absolute atomic E-state index is 0.282. The molecule has 0 saturated heterocycles. The zero-order chi connectivity index (χ0) is 14.4. The largest absolute Gasteiger partial charge is 0.489 e. The predicted octanol–water partition coefficient (Wildman–Crippen LogP) is 3.44. The van der Waals surface area contributed by atoms with Crippen LogP contribution in [0.25, 0.3) is 0 Å². The summed E-state index contributed by atoms with van der Waals surface area (Å²) in [6.07, 6.45) is 0.629. The molecule has 0 aliphatic heterocycles. The highest BCUT2D eigenvalue weighted by molar-refractivity contribution is 7.80. The van der Waals surface area contributed by atoms with Crippen molar-refractivity contribution in [1.29, 1.82) is 0 Å². The second kappa shape index (κ2) is 7.01. The molecule has 0 aliphatic rings. The molecular formula is C16H16O3S. The highest BCUT2D eigenvalue weighted by Gasteiger charge is 2.11. The van der Waals surface area contributed by atoms with Crippen molar-refractivity contribution < 1.29 is 14.6 Å². The Morgan fingerprint density at radius 1 is 1.15 bits per heavy atom. The molecule has 0 amide bonds. The number of carboxylic acid groups (broad SMARTS) is 1. The highest BCUT2D eigenvalue weighted by atomic mass is 32.1. The second-order valence-electron chi connectivity index (χ2n) is 4.37. The predicted molar refractivity (Wildman–Crippen MR) is 81.7 cm³/mol. The van der Waals surface area contributed by atoms with Gasteiger partial charge in [-0.2, -0.15) is 12.6 Å².